The summed E-state index contributed by atoms with van der Waals surface area (Å²) >= 11 is 0. The van der Waals surface area contributed by atoms with Crippen molar-refractivity contribution in [2.24, 2.45) is 5.92 Å². The molecule has 0 saturated carbocycles. The van der Waals surface area contributed by atoms with Crippen LogP contribution in [-0.2, 0) is 14.3 Å². The first-order valence-electron chi connectivity index (χ1n) is 8.01. The van der Waals surface area contributed by atoms with Crippen LogP contribution in [0.25, 0.3) is 0 Å². The molecule has 1 aromatic heterocycles. The summed E-state index contributed by atoms with van der Waals surface area (Å²) in [4.78, 5) is 38.7. The SMILES string of the molecule is CCOC(=O)c1c(C)[nH]c(C(=O)OCC(=O)N[C@@H](C)C(C)C)c1C. The molecular weight excluding hydrogens is 312 g/mol. The third-order valence-corrected chi connectivity index (χ3v) is 3.84. The van der Waals surface area contributed by atoms with Crippen LogP contribution in [0.5, 0.6) is 0 Å². The van der Waals surface area contributed by atoms with Crippen LogP contribution in [0, 0.1) is 19.8 Å². The van der Waals surface area contributed by atoms with Gasteiger partial charge in [0.2, 0.25) is 0 Å². The average molecular weight is 338 g/mol. The van der Waals surface area contributed by atoms with Crippen molar-refractivity contribution in [3.63, 3.8) is 0 Å². The molecule has 0 fully saturated rings. The summed E-state index contributed by atoms with van der Waals surface area (Å²) in [6, 6.07) is -0.0129. The molecule has 1 aromatic rings. The molecule has 1 atom stereocenters. The van der Waals surface area contributed by atoms with Crippen LogP contribution in [-0.4, -0.2) is 42.1 Å². The Hall–Kier alpha value is -2.31. The fraction of sp³-hybridized carbons (Fsp3) is 0.588. The van der Waals surface area contributed by atoms with Crippen LogP contribution >= 0.6 is 0 Å². The number of amides is 1. The Bertz CT molecular complexity index is 619. The van der Waals surface area contributed by atoms with Gasteiger partial charge < -0.3 is 19.8 Å². The van der Waals surface area contributed by atoms with Gasteiger partial charge in [0.15, 0.2) is 6.61 Å². The Kier molecular flexibility index (Phi) is 7.00. The molecular formula is C17H26N2O5. The molecule has 0 aliphatic carbocycles. The number of hydrogen-bond acceptors (Lipinski definition) is 5. The van der Waals surface area contributed by atoms with Gasteiger partial charge in [-0.1, -0.05) is 13.8 Å². The lowest BCUT2D eigenvalue weighted by molar-refractivity contribution is -0.125. The van der Waals surface area contributed by atoms with Crippen molar-refractivity contribution >= 4 is 17.8 Å². The lowest BCUT2D eigenvalue weighted by Crippen LogP contribution is -2.38. The maximum atomic E-state index is 12.2. The van der Waals surface area contributed by atoms with Gasteiger partial charge in [-0.25, -0.2) is 9.59 Å². The van der Waals surface area contributed by atoms with Crippen molar-refractivity contribution < 1.29 is 23.9 Å². The molecule has 0 aromatic carbocycles. The molecule has 0 spiro atoms. The minimum atomic E-state index is -0.682. The van der Waals surface area contributed by atoms with Gasteiger partial charge in [-0.3, -0.25) is 4.79 Å². The number of aromatic nitrogens is 1. The molecule has 24 heavy (non-hydrogen) atoms. The highest BCUT2D eigenvalue weighted by molar-refractivity contribution is 5.99. The number of carbonyl (C=O) groups excluding carboxylic acids is 3. The lowest BCUT2D eigenvalue weighted by Gasteiger charge is -2.17. The van der Waals surface area contributed by atoms with Gasteiger partial charge in [0.05, 0.1) is 12.2 Å². The topological polar surface area (TPSA) is 97.5 Å². The number of aromatic amines is 1. The number of ether oxygens (including phenoxy) is 2. The summed E-state index contributed by atoms with van der Waals surface area (Å²) in [6.45, 7) is 10.7. The predicted molar refractivity (Wildman–Crippen MR) is 88.9 cm³/mol. The molecule has 7 heteroatoms. The second kappa shape index (κ2) is 8.52. The van der Waals surface area contributed by atoms with E-state index >= 15 is 0 Å². The largest absolute Gasteiger partial charge is 0.462 e. The molecule has 1 amide bonds. The minimum Gasteiger partial charge on any atom is -0.462 e. The van der Waals surface area contributed by atoms with Crippen molar-refractivity contribution in [1.82, 2.24) is 10.3 Å². The highest BCUT2D eigenvalue weighted by atomic mass is 16.5. The molecule has 0 aliphatic rings. The van der Waals surface area contributed by atoms with E-state index in [1.807, 2.05) is 20.8 Å². The zero-order chi connectivity index (χ0) is 18.4. The van der Waals surface area contributed by atoms with Gasteiger partial charge >= 0.3 is 11.9 Å². The maximum Gasteiger partial charge on any atom is 0.355 e. The zero-order valence-electron chi connectivity index (χ0n) is 15.1. The Morgan fingerprint density at radius 3 is 2.25 bits per heavy atom. The number of aryl methyl sites for hydroxylation is 1. The van der Waals surface area contributed by atoms with E-state index in [0.29, 0.717) is 16.8 Å². The molecule has 134 valence electrons. The molecule has 1 rings (SSSR count). The summed E-state index contributed by atoms with van der Waals surface area (Å²) < 4.78 is 10.00. The zero-order valence-corrected chi connectivity index (χ0v) is 15.1. The summed E-state index contributed by atoms with van der Waals surface area (Å²) in [6.07, 6.45) is 0. The van der Waals surface area contributed by atoms with Gasteiger partial charge in [0, 0.05) is 11.7 Å². The van der Waals surface area contributed by atoms with E-state index in [9.17, 15) is 14.4 Å². The van der Waals surface area contributed by atoms with Crippen LogP contribution in [0.3, 0.4) is 0 Å². The van der Waals surface area contributed by atoms with Gasteiger partial charge in [-0.05, 0) is 39.2 Å². The first-order chi connectivity index (χ1) is 11.2. The average Bonchev–Trinajstić information content (AvgIpc) is 2.79. The molecule has 7 nitrogen and oxygen atoms in total. The van der Waals surface area contributed by atoms with E-state index in [1.54, 1.807) is 20.8 Å². The number of H-pyrrole nitrogens is 1. The van der Waals surface area contributed by atoms with Crippen LogP contribution in [0.2, 0.25) is 0 Å². The number of carbonyl (C=O) groups is 3. The van der Waals surface area contributed by atoms with E-state index in [0.717, 1.165) is 0 Å². The van der Waals surface area contributed by atoms with Gasteiger partial charge in [0.25, 0.3) is 5.91 Å². The van der Waals surface area contributed by atoms with Crippen LogP contribution in [0.4, 0.5) is 0 Å². The Morgan fingerprint density at radius 1 is 1.08 bits per heavy atom. The van der Waals surface area contributed by atoms with Crippen LogP contribution in [0.15, 0.2) is 0 Å². The molecule has 0 unspecified atom stereocenters. The van der Waals surface area contributed by atoms with E-state index in [1.165, 1.54) is 0 Å². The molecule has 1 heterocycles. The second-order valence-corrected chi connectivity index (χ2v) is 6.02. The van der Waals surface area contributed by atoms with E-state index in [2.05, 4.69) is 10.3 Å². The summed E-state index contributed by atoms with van der Waals surface area (Å²) in [5, 5.41) is 2.75. The normalized spacial score (nSPS) is 12.0. The van der Waals surface area contributed by atoms with Crippen molar-refractivity contribution in [2.45, 2.75) is 47.6 Å². The van der Waals surface area contributed by atoms with Crippen LogP contribution < -0.4 is 5.32 Å². The van der Waals surface area contributed by atoms with Crippen molar-refractivity contribution in [1.29, 1.82) is 0 Å². The lowest BCUT2D eigenvalue weighted by atomic mass is 10.1. The summed E-state index contributed by atoms with van der Waals surface area (Å²) in [5.41, 5.74) is 1.45. The highest BCUT2D eigenvalue weighted by Gasteiger charge is 2.24. The maximum absolute atomic E-state index is 12.2. The van der Waals surface area contributed by atoms with Crippen LogP contribution in [0.1, 0.15) is 59.8 Å². The van der Waals surface area contributed by atoms with Gasteiger partial charge in [0.1, 0.15) is 5.69 Å². The standard InChI is InChI=1S/C17H26N2O5/c1-7-23-16(21)14-10(4)15(19-12(14)6)17(22)24-8-13(20)18-11(5)9(2)3/h9,11,19H,7-8H2,1-6H3,(H,18,20)/t11-/m0/s1. The number of nitrogens with one attached hydrogen (secondary N) is 2. The van der Waals surface area contributed by atoms with Gasteiger partial charge in [-0.2, -0.15) is 0 Å². The fourth-order valence-electron chi connectivity index (χ4n) is 2.13. The monoisotopic (exact) mass is 338 g/mol. The predicted octanol–water partition coefficient (Wildman–Crippen LogP) is 2.13. The molecule has 2 N–H and O–H groups in total. The second-order valence-electron chi connectivity index (χ2n) is 6.02. The molecule has 0 bridgehead atoms. The quantitative estimate of drug-likeness (QED) is 0.742. The minimum absolute atomic E-state index is 0.0129. The van der Waals surface area contributed by atoms with Crippen molar-refractivity contribution in [3.05, 3.63) is 22.5 Å². The van der Waals surface area contributed by atoms with Crippen molar-refractivity contribution in [3.8, 4) is 0 Å². The van der Waals surface area contributed by atoms with E-state index < -0.39 is 11.9 Å². The third-order valence-electron chi connectivity index (χ3n) is 3.84. The summed E-state index contributed by atoms with van der Waals surface area (Å²) in [5.74, 6) is -1.26. The molecule has 0 radical (unpaired) electrons. The number of hydrogen-bond donors (Lipinski definition) is 2. The first kappa shape index (κ1) is 19.7. The molecule has 0 aliphatic heterocycles. The summed E-state index contributed by atoms with van der Waals surface area (Å²) in [7, 11) is 0. The molecule has 0 saturated heterocycles. The van der Waals surface area contributed by atoms with Crippen molar-refractivity contribution in [2.75, 3.05) is 13.2 Å². The number of esters is 2. The van der Waals surface area contributed by atoms with Gasteiger partial charge in [-0.15, -0.1) is 0 Å². The van der Waals surface area contributed by atoms with E-state index in [4.69, 9.17) is 9.47 Å². The number of rotatable bonds is 7. The highest BCUT2D eigenvalue weighted by Crippen LogP contribution is 2.19. The smallest absolute Gasteiger partial charge is 0.355 e. The van der Waals surface area contributed by atoms with E-state index in [-0.39, 0.29) is 36.8 Å². The Morgan fingerprint density at radius 2 is 1.71 bits per heavy atom. The Balaban J connectivity index is 2.74. The Labute approximate surface area is 142 Å². The fourth-order valence-corrected chi connectivity index (χ4v) is 2.13. The first-order valence-corrected chi connectivity index (χ1v) is 8.01. The third kappa shape index (κ3) is 4.84.